The number of aliphatic carboxylic acids is 2. The lowest BCUT2D eigenvalue weighted by molar-refractivity contribution is -0.140. The first-order valence-corrected chi connectivity index (χ1v) is 9.53. The molecule has 0 spiro atoms. The minimum atomic E-state index is -4.24. The summed E-state index contributed by atoms with van der Waals surface area (Å²) in [6.45, 7) is -0.680. The summed E-state index contributed by atoms with van der Waals surface area (Å²) in [7, 11) is -1.73. The largest absolute Gasteiger partial charge is 0.493 e. The predicted molar refractivity (Wildman–Crippen MR) is 92.6 cm³/mol. The summed E-state index contributed by atoms with van der Waals surface area (Å²) in [5.41, 5.74) is 5.26. The molecule has 0 saturated heterocycles. The van der Waals surface area contributed by atoms with E-state index in [0.29, 0.717) is 0 Å². The van der Waals surface area contributed by atoms with E-state index in [0.717, 1.165) is 0 Å². The molecule has 0 aromatic heterocycles. The zero-order valence-corrected chi connectivity index (χ0v) is 15.6. The van der Waals surface area contributed by atoms with E-state index in [4.69, 9.17) is 30.2 Å². The van der Waals surface area contributed by atoms with Gasteiger partial charge in [-0.2, -0.15) is 0 Å². The van der Waals surface area contributed by atoms with E-state index >= 15 is 0 Å². The molecule has 0 aliphatic rings. The number of carboxylic acid groups (broad SMARTS) is 2. The number of methoxy groups -OCH3 is 2. The molecule has 0 aliphatic heterocycles. The molecular formula is C15H22NO10P. The fourth-order valence-electron chi connectivity index (χ4n) is 2.13. The molecule has 0 bridgehead atoms. The maximum atomic E-state index is 12.4. The molecule has 152 valence electrons. The first-order chi connectivity index (χ1) is 12.5. The van der Waals surface area contributed by atoms with Crippen LogP contribution >= 0.6 is 7.37 Å². The number of hydrogen-bond acceptors (Lipinski definition) is 8. The highest BCUT2D eigenvalue weighted by Crippen LogP contribution is 2.56. The average Bonchev–Trinajstić information content (AvgIpc) is 2.62. The van der Waals surface area contributed by atoms with Crippen LogP contribution in [0.5, 0.6) is 17.2 Å². The summed E-state index contributed by atoms with van der Waals surface area (Å²) < 4.78 is 27.7. The molecule has 1 aromatic carbocycles. The summed E-state index contributed by atoms with van der Waals surface area (Å²) in [6, 6.07) is 1.06. The maximum absolute atomic E-state index is 12.4. The van der Waals surface area contributed by atoms with Gasteiger partial charge in [-0.05, 0) is 24.1 Å². The number of aliphatic hydroxyl groups excluding tert-OH is 1. The van der Waals surface area contributed by atoms with Gasteiger partial charge >= 0.3 is 11.9 Å². The number of benzene rings is 1. The highest BCUT2D eigenvalue weighted by molar-refractivity contribution is 7.58. The molecule has 1 aromatic rings. The SMILES string of the molecule is COc1cc(C(O)P(=O)(O)CC[C@@H](N)C(=O)O)cc(OC)c1OCC(=O)O. The molecule has 0 fully saturated rings. The number of carboxylic acids is 2. The van der Waals surface area contributed by atoms with Crippen LogP contribution < -0.4 is 19.9 Å². The molecule has 0 amide bonds. The lowest BCUT2D eigenvalue weighted by atomic mass is 10.2. The van der Waals surface area contributed by atoms with E-state index in [9.17, 15) is 24.2 Å². The molecule has 27 heavy (non-hydrogen) atoms. The third-order valence-electron chi connectivity index (χ3n) is 3.58. The number of ether oxygens (including phenoxy) is 3. The molecule has 0 radical (unpaired) electrons. The van der Waals surface area contributed by atoms with E-state index in [-0.39, 0.29) is 29.2 Å². The predicted octanol–water partition coefficient (Wildman–Crippen LogP) is 0.230. The summed E-state index contributed by atoms with van der Waals surface area (Å²) in [5, 5.41) is 27.8. The Bertz CT molecular complexity index is 712. The zero-order chi connectivity index (χ0) is 20.8. The fraction of sp³-hybridized carbons (Fsp3) is 0.467. The van der Waals surface area contributed by atoms with Crippen molar-refractivity contribution in [1.29, 1.82) is 0 Å². The zero-order valence-electron chi connectivity index (χ0n) is 14.7. The van der Waals surface area contributed by atoms with Crippen molar-refractivity contribution < 1.29 is 48.6 Å². The topological polar surface area (TPSA) is 186 Å². The van der Waals surface area contributed by atoms with E-state index in [1.54, 1.807) is 0 Å². The van der Waals surface area contributed by atoms with Crippen LogP contribution in [0.1, 0.15) is 17.8 Å². The minimum absolute atomic E-state index is 0.0214. The Kier molecular flexibility index (Phi) is 8.04. The Morgan fingerprint density at radius 3 is 2.11 bits per heavy atom. The molecule has 11 nitrogen and oxygen atoms in total. The van der Waals surface area contributed by atoms with Gasteiger partial charge in [-0.25, -0.2) is 4.79 Å². The Hall–Kier alpha value is -2.33. The van der Waals surface area contributed by atoms with Crippen molar-refractivity contribution in [3.05, 3.63) is 17.7 Å². The standard InChI is InChI=1S/C15H22NO10P/c1-24-10-5-8(6-11(25-2)13(10)26-7-12(17)18)15(21)27(22,23)4-3-9(16)14(19)20/h5-6,9,15,21H,3-4,7,16H2,1-2H3,(H,17,18)(H,19,20)(H,22,23)/t9-,15?/m1/s1. The lowest BCUT2D eigenvalue weighted by Crippen LogP contribution is -2.31. The Balaban J connectivity index is 3.15. The third-order valence-corrected chi connectivity index (χ3v) is 5.54. The van der Waals surface area contributed by atoms with E-state index < -0.39 is 44.0 Å². The second-order valence-electron chi connectivity index (χ2n) is 5.52. The molecule has 0 aliphatic carbocycles. The number of carbonyl (C=O) groups is 2. The normalized spacial score (nSPS) is 15.3. The van der Waals surface area contributed by atoms with Crippen molar-refractivity contribution in [3.63, 3.8) is 0 Å². The van der Waals surface area contributed by atoms with Crippen LogP contribution in [0.4, 0.5) is 0 Å². The van der Waals surface area contributed by atoms with Gasteiger partial charge in [0, 0.05) is 6.16 Å². The van der Waals surface area contributed by atoms with E-state index in [2.05, 4.69) is 0 Å². The van der Waals surface area contributed by atoms with Gasteiger partial charge in [-0.15, -0.1) is 0 Å². The Labute approximate surface area is 154 Å². The third kappa shape index (κ3) is 6.10. The average molecular weight is 407 g/mol. The molecule has 3 atom stereocenters. The Morgan fingerprint density at radius 2 is 1.70 bits per heavy atom. The molecule has 1 rings (SSSR count). The number of nitrogens with two attached hydrogens (primary N) is 1. The maximum Gasteiger partial charge on any atom is 0.341 e. The molecule has 2 unspecified atom stereocenters. The van der Waals surface area contributed by atoms with E-state index in [1.165, 1.54) is 26.4 Å². The number of aliphatic hydroxyl groups is 1. The minimum Gasteiger partial charge on any atom is -0.493 e. The fourth-order valence-corrected chi connectivity index (χ4v) is 3.64. The van der Waals surface area contributed by atoms with Gasteiger partial charge < -0.3 is 40.2 Å². The van der Waals surface area contributed by atoms with Crippen molar-refractivity contribution >= 4 is 19.3 Å². The lowest BCUT2D eigenvalue weighted by Gasteiger charge is -2.22. The Morgan fingerprint density at radius 1 is 1.19 bits per heavy atom. The summed E-state index contributed by atoms with van der Waals surface area (Å²) in [6.07, 6.45) is -0.836. The highest BCUT2D eigenvalue weighted by Gasteiger charge is 2.33. The summed E-state index contributed by atoms with van der Waals surface area (Å²) in [5.74, 6) is -4.53. The van der Waals surface area contributed by atoms with Crippen molar-refractivity contribution in [2.24, 2.45) is 5.73 Å². The van der Waals surface area contributed by atoms with Crippen molar-refractivity contribution in [2.45, 2.75) is 18.3 Å². The van der Waals surface area contributed by atoms with Crippen LogP contribution in [0.15, 0.2) is 12.1 Å². The van der Waals surface area contributed by atoms with Crippen LogP contribution in [0.3, 0.4) is 0 Å². The second-order valence-corrected chi connectivity index (χ2v) is 7.97. The molecule has 0 heterocycles. The summed E-state index contributed by atoms with van der Waals surface area (Å²) in [4.78, 5) is 31.5. The summed E-state index contributed by atoms with van der Waals surface area (Å²) >= 11 is 0. The van der Waals surface area contributed by atoms with E-state index in [1.807, 2.05) is 0 Å². The van der Waals surface area contributed by atoms with Crippen LogP contribution in [-0.2, 0) is 14.2 Å². The van der Waals surface area contributed by atoms with Gasteiger partial charge in [0.1, 0.15) is 6.04 Å². The van der Waals surface area contributed by atoms with Crippen molar-refractivity contribution in [1.82, 2.24) is 0 Å². The van der Waals surface area contributed by atoms with Crippen molar-refractivity contribution in [3.8, 4) is 17.2 Å². The molecular weight excluding hydrogens is 385 g/mol. The highest BCUT2D eigenvalue weighted by atomic mass is 31.2. The number of rotatable bonds is 11. The van der Waals surface area contributed by atoms with Gasteiger partial charge in [0.25, 0.3) is 0 Å². The smallest absolute Gasteiger partial charge is 0.341 e. The first kappa shape index (κ1) is 22.7. The molecule has 0 saturated carbocycles. The van der Waals surface area contributed by atoms with Gasteiger partial charge in [-0.1, -0.05) is 0 Å². The molecule has 6 N–H and O–H groups in total. The monoisotopic (exact) mass is 407 g/mol. The van der Waals surface area contributed by atoms with Crippen molar-refractivity contribution in [2.75, 3.05) is 27.0 Å². The quantitative estimate of drug-likeness (QED) is 0.316. The van der Waals surface area contributed by atoms with Crippen LogP contribution in [0, 0.1) is 0 Å². The first-order valence-electron chi connectivity index (χ1n) is 7.62. The van der Waals surface area contributed by atoms with Crippen LogP contribution in [-0.4, -0.2) is 65.2 Å². The van der Waals surface area contributed by atoms with Crippen LogP contribution in [0.2, 0.25) is 0 Å². The van der Waals surface area contributed by atoms with Gasteiger partial charge in [0.05, 0.1) is 14.2 Å². The number of hydrogen-bond donors (Lipinski definition) is 5. The van der Waals surface area contributed by atoms with Gasteiger partial charge in [-0.3, -0.25) is 9.36 Å². The molecule has 12 heteroatoms. The van der Waals surface area contributed by atoms with Gasteiger partial charge in [0.15, 0.2) is 24.0 Å². The van der Waals surface area contributed by atoms with Crippen LogP contribution in [0.25, 0.3) is 0 Å². The van der Waals surface area contributed by atoms with Gasteiger partial charge in [0.2, 0.25) is 13.1 Å². The second kappa shape index (κ2) is 9.56.